The molecule has 4 nitrogen and oxygen atoms in total. The number of nitriles is 1. The van der Waals surface area contributed by atoms with Gasteiger partial charge in [0, 0.05) is 12.6 Å². The van der Waals surface area contributed by atoms with Gasteiger partial charge in [0.25, 0.3) is 5.91 Å². The first kappa shape index (κ1) is 14.6. The molecule has 106 valence electrons. The molecule has 0 aliphatic carbocycles. The van der Waals surface area contributed by atoms with Gasteiger partial charge in [-0.2, -0.15) is 5.26 Å². The lowest BCUT2D eigenvalue weighted by Crippen LogP contribution is -2.19. The third-order valence-corrected chi connectivity index (χ3v) is 3.11. The van der Waals surface area contributed by atoms with E-state index in [1.807, 2.05) is 49.4 Å². The van der Waals surface area contributed by atoms with Crippen LogP contribution in [0.4, 0.5) is 0 Å². The minimum atomic E-state index is -0.409. The van der Waals surface area contributed by atoms with Crippen molar-refractivity contribution in [3.63, 3.8) is 0 Å². The lowest BCUT2D eigenvalue weighted by molar-refractivity contribution is -0.116. The molecule has 0 bridgehead atoms. The summed E-state index contributed by atoms with van der Waals surface area (Å²) in [5.74, 6) is 0.251. The summed E-state index contributed by atoms with van der Waals surface area (Å²) in [5, 5.41) is 13.6. The zero-order valence-electron chi connectivity index (χ0n) is 12.0. The Bertz CT molecular complexity index is 742. The predicted octanol–water partition coefficient (Wildman–Crippen LogP) is 2.89. The summed E-state index contributed by atoms with van der Waals surface area (Å²) in [5.41, 5.74) is 0.796. The largest absolute Gasteiger partial charge is 0.493 e. The molecule has 0 spiro atoms. The summed E-state index contributed by atoms with van der Waals surface area (Å²) in [6.07, 6.45) is 1.58. The monoisotopic (exact) mass is 280 g/mol. The van der Waals surface area contributed by atoms with Gasteiger partial charge in [-0.15, -0.1) is 0 Å². The molecule has 4 heteroatoms. The minimum Gasteiger partial charge on any atom is -0.493 e. The van der Waals surface area contributed by atoms with Crippen LogP contribution >= 0.6 is 0 Å². The van der Waals surface area contributed by atoms with Crippen molar-refractivity contribution in [3.8, 4) is 11.8 Å². The first-order valence-corrected chi connectivity index (χ1v) is 6.69. The van der Waals surface area contributed by atoms with Crippen LogP contribution in [-0.2, 0) is 4.79 Å². The SMILES string of the molecule is CCOc1ccc2ccccc2c1/C=C(/C#N)C(=O)NC. The molecule has 0 heterocycles. The average molecular weight is 280 g/mol. The van der Waals surface area contributed by atoms with Crippen LogP contribution < -0.4 is 10.1 Å². The fourth-order valence-electron chi connectivity index (χ4n) is 2.13. The van der Waals surface area contributed by atoms with E-state index >= 15 is 0 Å². The Morgan fingerprint density at radius 3 is 2.76 bits per heavy atom. The number of fused-ring (bicyclic) bond motifs is 1. The van der Waals surface area contributed by atoms with Gasteiger partial charge < -0.3 is 10.1 Å². The van der Waals surface area contributed by atoms with Crippen molar-refractivity contribution in [1.82, 2.24) is 5.32 Å². The van der Waals surface area contributed by atoms with Gasteiger partial charge in [0.1, 0.15) is 17.4 Å². The molecular weight excluding hydrogens is 264 g/mol. The van der Waals surface area contributed by atoms with Crippen molar-refractivity contribution in [2.45, 2.75) is 6.92 Å². The number of likely N-dealkylation sites (N-methyl/N-ethyl adjacent to an activating group) is 1. The zero-order chi connectivity index (χ0) is 15.2. The third kappa shape index (κ3) is 3.03. The lowest BCUT2D eigenvalue weighted by Gasteiger charge is -2.11. The Morgan fingerprint density at radius 1 is 1.33 bits per heavy atom. The van der Waals surface area contributed by atoms with Crippen LogP contribution in [0, 0.1) is 11.3 Å². The summed E-state index contributed by atoms with van der Waals surface area (Å²) < 4.78 is 5.62. The van der Waals surface area contributed by atoms with Gasteiger partial charge in [-0.05, 0) is 29.8 Å². The number of amides is 1. The van der Waals surface area contributed by atoms with E-state index in [1.165, 1.54) is 7.05 Å². The first-order valence-electron chi connectivity index (χ1n) is 6.69. The minimum absolute atomic E-state index is 0.0507. The molecule has 0 fully saturated rings. The maximum absolute atomic E-state index is 11.7. The summed E-state index contributed by atoms with van der Waals surface area (Å²) in [6, 6.07) is 13.5. The maximum Gasteiger partial charge on any atom is 0.261 e. The smallest absolute Gasteiger partial charge is 0.261 e. The Morgan fingerprint density at radius 2 is 2.10 bits per heavy atom. The number of carbonyl (C=O) groups is 1. The van der Waals surface area contributed by atoms with Crippen molar-refractivity contribution in [1.29, 1.82) is 5.26 Å². The molecule has 0 radical (unpaired) electrons. The molecule has 0 aliphatic heterocycles. The number of hydrogen-bond acceptors (Lipinski definition) is 3. The molecule has 0 atom stereocenters. The zero-order valence-corrected chi connectivity index (χ0v) is 12.0. The van der Waals surface area contributed by atoms with Gasteiger partial charge in [0.15, 0.2) is 0 Å². The Balaban J connectivity index is 2.69. The van der Waals surface area contributed by atoms with Crippen LogP contribution in [0.2, 0.25) is 0 Å². The van der Waals surface area contributed by atoms with Crippen LogP contribution in [0.25, 0.3) is 16.8 Å². The first-order chi connectivity index (χ1) is 10.2. The van der Waals surface area contributed by atoms with Crippen molar-refractivity contribution < 1.29 is 9.53 Å². The van der Waals surface area contributed by atoms with E-state index in [2.05, 4.69) is 5.32 Å². The molecule has 0 saturated heterocycles. The van der Waals surface area contributed by atoms with E-state index in [-0.39, 0.29) is 5.57 Å². The summed E-state index contributed by atoms with van der Waals surface area (Å²) in [7, 11) is 1.50. The van der Waals surface area contributed by atoms with Crippen LogP contribution in [0.3, 0.4) is 0 Å². The number of hydrogen-bond donors (Lipinski definition) is 1. The van der Waals surface area contributed by atoms with Gasteiger partial charge in [-0.3, -0.25) is 4.79 Å². The molecule has 2 aromatic rings. The normalized spacial score (nSPS) is 11.0. The number of benzene rings is 2. The number of nitrogens with one attached hydrogen (secondary N) is 1. The van der Waals surface area contributed by atoms with E-state index in [4.69, 9.17) is 10.00 Å². The van der Waals surface area contributed by atoms with Crippen molar-refractivity contribution in [3.05, 3.63) is 47.5 Å². The van der Waals surface area contributed by atoms with Crippen LogP contribution in [-0.4, -0.2) is 19.6 Å². The molecule has 1 amide bonds. The van der Waals surface area contributed by atoms with Crippen molar-refractivity contribution in [2.24, 2.45) is 0 Å². The third-order valence-electron chi connectivity index (χ3n) is 3.11. The Kier molecular flexibility index (Phi) is 4.57. The highest BCUT2D eigenvalue weighted by molar-refractivity contribution is 6.04. The Labute approximate surface area is 123 Å². The number of ether oxygens (including phenoxy) is 1. The van der Waals surface area contributed by atoms with Gasteiger partial charge in [-0.25, -0.2) is 0 Å². The van der Waals surface area contributed by atoms with Crippen LogP contribution in [0.1, 0.15) is 12.5 Å². The quantitative estimate of drug-likeness (QED) is 0.692. The molecule has 0 saturated carbocycles. The van der Waals surface area contributed by atoms with E-state index in [0.29, 0.717) is 12.4 Å². The molecule has 1 N–H and O–H groups in total. The van der Waals surface area contributed by atoms with Crippen LogP contribution in [0.15, 0.2) is 42.0 Å². The van der Waals surface area contributed by atoms with E-state index in [9.17, 15) is 4.79 Å². The lowest BCUT2D eigenvalue weighted by atomic mass is 10.0. The van der Waals surface area contributed by atoms with Gasteiger partial charge in [0.05, 0.1) is 6.61 Å². The average Bonchev–Trinajstić information content (AvgIpc) is 2.53. The molecule has 0 aromatic heterocycles. The summed E-state index contributed by atoms with van der Waals surface area (Å²) in [6.45, 7) is 2.41. The molecule has 2 aromatic carbocycles. The standard InChI is InChI=1S/C17H16N2O2/c1-3-21-16-9-8-12-6-4-5-7-14(12)15(16)10-13(11-18)17(20)19-2/h4-10H,3H2,1-2H3,(H,19,20)/b13-10-. The van der Waals surface area contributed by atoms with Crippen molar-refractivity contribution >= 4 is 22.8 Å². The fourth-order valence-corrected chi connectivity index (χ4v) is 2.13. The number of nitrogens with zero attached hydrogens (tertiary/aromatic N) is 1. The molecule has 21 heavy (non-hydrogen) atoms. The highest BCUT2D eigenvalue weighted by atomic mass is 16.5. The molecule has 2 rings (SSSR count). The van der Waals surface area contributed by atoms with E-state index in [1.54, 1.807) is 6.08 Å². The molecule has 0 unspecified atom stereocenters. The van der Waals surface area contributed by atoms with E-state index in [0.717, 1.165) is 16.3 Å². The van der Waals surface area contributed by atoms with E-state index < -0.39 is 5.91 Å². The number of rotatable bonds is 4. The second-order valence-corrected chi connectivity index (χ2v) is 4.38. The molecular formula is C17H16N2O2. The van der Waals surface area contributed by atoms with Crippen LogP contribution in [0.5, 0.6) is 5.75 Å². The predicted molar refractivity (Wildman–Crippen MR) is 82.8 cm³/mol. The summed E-state index contributed by atoms with van der Waals surface area (Å²) in [4.78, 5) is 11.7. The number of carbonyl (C=O) groups excluding carboxylic acids is 1. The topological polar surface area (TPSA) is 62.1 Å². The van der Waals surface area contributed by atoms with Crippen molar-refractivity contribution in [2.75, 3.05) is 13.7 Å². The second-order valence-electron chi connectivity index (χ2n) is 4.38. The maximum atomic E-state index is 11.7. The summed E-state index contributed by atoms with van der Waals surface area (Å²) >= 11 is 0. The van der Waals surface area contributed by atoms with Gasteiger partial charge in [-0.1, -0.05) is 30.3 Å². The van der Waals surface area contributed by atoms with Gasteiger partial charge >= 0.3 is 0 Å². The second kappa shape index (κ2) is 6.58. The highest BCUT2D eigenvalue weighted by Gasteiger charge is 2.11. The van der Waals surface area contributed by atoms with Gasteiger partial charge in [0.2, 0.25) is 0 Å². The molecule has 0 aliphatic rings. The highest BCUT2D eigenvalue weighted by Crippen LogP contribution is 2.30. The fraction of sp³-hybridized carbons (Fsp3) is 0.176. The Hall–Kier alpha value is -2.80.